The minimum absolute atomic E-state index is 0.0666. The number of aromatic nitrogens is 3. The minimum atomic E-state index is -0.915. The van der Waals surface area contributed by atoms with E-state index in [1.165, 1.54) is 0 Å². The molecule has 158 valence electrons. The molecule has 2 N–H and O–H groups in total. The number of benzene rings is 1. The molecule has 0 spiro atoms. The van der Waals surface area contributed by atoms with E-state index in [0.717, 1.165) is 24.3 Å². The van der Waals surface area contributed by atoms with Crippen molar-refractivity contribution in [3.63, 3.8) is 0 Å². The summed E-state index contributed by atoms with van der Waals surface area (Å²) in [4.78, 5) is 39.9. The Morgan fingerprint density at radius 3 is 2.84 bits per heavy atom. The molecule has 2 aliphatic heterocycles. The maximum Gasteiger partial charge on any atom is 0.254 e. The van der Waals surface area contributed by atoms with E-state index in [1.54, 1.807) is 29.2 Å². The first-order chi connectivity index (χ1) is 15.1. The third kappa shape index (κ3) is 3.63. The van der Waals surface area contributed by atoms with Crippen LogP contribution in [-0.2, 0) is 9.59 Å². The van der Waals surface area contributed by atoms with E-state index in [0.29, 0.717) is 24.3 Å². The van der Waals surface area contributed by atoms with E-state index in [-0.39, 0.29) is 30.1 Å². The molecule has 4 heterocycles. The summed E-state index contributed by atoms with van der Waals surface area (Å²) < 4.78 is 1.95. The highest BCUT2D eigenvalue weighted by molar-refractivity contribution is 6.10. The summed E-state index contributed by atoms with van der Waals surface area (Å²) in [7, 11) is 0. The Morgan fingerprint density at radius 1 is 1.10 bits per heavy atom. The van der Waals surface area contributed by atoms with Gasteiger partial charge in [0.2, 0.25) is 11.8 Å². The van der Waals surface area contributed by atoms with Gasteiger partial charge in [0.25, 0.3) is 5.91 Å². The lowest BCUT2D eigenvalue weighted by molar-refractivity contribution is -0.134. The monoisotopic (exact) mass is 418 g/mol. The number of rotatable bonds is 3. The number of amides is 3. The summed E-state index contributed by atoms with van der Waals surface area (Å²) in [5, 5.41) is 14.0. The van der Waals surface area contributed by atoms with Crippen molar-refractivity contribution >= 4 is 29.1 Å². The van der Waals surface area contributed by atoms with Gasteiger partial charge >= 0.3 is 0 Å². The van der Waals surface area contributed by atoms with Crippen LogP contribution in [-0.4, -0.2) is 56.4 Å². The molecule has 2 aliphatic rings. The lowest BCUT2D eigenvalue weighted by Gasteiger charge is -2.32. The topological polar surface area (TPSA) is 109 Å². The van der Waals surface area contributed by atoms with Gasteiger partial charge < -0.3 is 15.5 Å². The van der Waals surface area contributed by atoms with Crippen LogP contribution < -0.4 is 10.6 Å². The first-order valence-corrected chi connectivity index (χ1v) is 10.4. The fourth-order valence-electron chi connectivity index (χ4n) is 4.31. The van der Waals surface area contributed by atoms with Crippen LogP contribution in [0.2, 0.25) is 0 Å². The SMILES string of the molecule is O=C1N[C@H](CC(=O)N2CCC[C@H](c3nnc4ccccn34)C2)C(=O)Nc2ccccc21. The first kappa shape index (κ1) is 19.2. The van der Waals surface area contributed by atoms with Crippen molar-refractivity contribution in [2.45, 2.75) is 31.2 Å². The Hall–Kier alpha value is -3.75. The quantitative estimate of drug-likeness (QED) is 0.671. The highest BCUT2D eigenvalue weighted by Gasteiger charge is 2.33. The van der Waals surface area contributed by atoms with Crippen LogP contribution in [0.1, 0.15) is 41.4 Å². The summed E-state index contributed by atoms with van der Waals surface area (Å²) in [5.41, 5.74) is 1.62. The number of fused-ring (bicyclic) bond motifs is 2. The average molecular weight is 418 g/mol. The van der Waals surface area contributed by atoms with Crippen molar-refractivity contribution in [1.82, 2.24) is 24.8 Å². The van der Waals surface area contributed by atoms with Gasteiger partial charge in [0.1, 0.15) is 11.9 Å². The molecule has 2 aromatic heterocycles. The fraction of sp³-hybridized carbons (Fsp3) is 0.318. The molecule has 3 amide bonds. The summed E-state index contributed by atoms with van der Waals surface area (Å²) >= 11 is 0. The van der Waals surface area contributed by atoms with Crippen LogP contribution in [0.4, 0.5) is 5.69 Å². The standard InChI is InChI=1S/C22H22N6O3/c29-19(12-17-22(31)23-16-8-2-1-7-15(16)21(30)24-17)27-10-5-6-14(13-27)20-26-25-18-9-3-4-11-28(18)20/h1-4,7-9,11,14,17H,5-6,10,12-13H2,(H,23,31)(H,24,30)/t14-,17+/m0/s1. The zero-order valence-corrected chi connectivity index (χ0v) is 16.8. The second-order valence-corrected chi connectivity index (χ2v) is 7.93. The molecule has 0 aliphatic carbocycles. The molecule has 0 bridgehead atoms. The fourth-order valence-corrected chi connectivity index (χ4v) is 4.31. The maximum atomic E-state index is 13.0. The van der Waals surface area contributed by atoms with Crippen molar-refractivity contribution in [2.24, 2.45) is 0 Å². The molecule has 9 heteroatoms. The van der Waals surface area contributed by atoms with Crippen LogP contribution in [0.3, 0.4) is 0 Å². The number of hydrogen-bond acceptors (Lipinski definition) is 5. The number of carbonyl (C=O) groups is 3. The summed E-state index contributed by atoms with van der Waals surface area (Å²) in [6.07, 6.45) is 3.59. The molecular weight excluding hydrogens is 396 g/mol. The molecule has 1 saturated heterocycles. The van der Waals surface area contributed by atoms with Crippen molar-refractivity contribution in [3.05, 3.63) is 60.0 Å². The van der Waals surface area contributed by atoms with Gasteiger partial charge in [-0.15, -0.1) is 10.2 Å². The number of carbonyl (C=O) groups excluding carboxylic acids is 3. The minimum Gasteiger partial charge on any atom is -0.342 e. The number of nitrogens with one attached hydrogen (secondary N) is 2. The maximum absolute atomic E-state index is 13.0. The number of nitrogens with zero attached hydrogens (tertiary/aromatic N) is 4. The molecule has 9 nitrogen and oxygen atoms in total. The van der Waals surface area contributed by atoms with Gasteiger partial charge in [-0.05, 0) is 37.1 Å². The predicted octanol–water partition coefficient (Wildman–Crippen LogP) is 1.58. The Kier molecular flexibility index (Phi) is 4.85. The van der Waals surface area contributed by atoms with Crippen LogP contribution in [0.15, 0.2) is 48.7 Å². The molecule has 0 unspecified atom stereocenters. The van der Waals surface area contributed by atoms with Gasteiger partial charge in [0.15, 0.2) is 5.65 Å². The van der Waals surface area contributed by atoms with Gasteiger partial charge in [-0.1, -0.05) is 18.2 Å². The van der Waals surface area contributed by atoms with Gasteiger partial charge in [-0.2, -0.15) is 0 Å². The summed E-state index contributed by atoms with van der Waals surface area (Å²) in [5.74, 6) is -0.00671. The third-order valence-corrected chi connectivity index (χ3v) is 5.91. The van der Waals surface area contributed by atoms with Gasteiger partial charge in [-0.25, -0.2) is 0 Å². The average Bonchev–Trinajstić information content (AvgIpc) is 3.18. The van der Waals surface area contributed by atoms with E-state index in [2.05, 4.69) is 20.8 Å². The smallest absolute Gasteiger partial charge is 0.254 e. The van der Waals surface area contributed by atoms with Gasteiger partial charge in [-0.3, -0.25) is 18.8 Å². The molecule has 0 saturated carbocycles. The van der Waals surface area contributed by atoms with E-state index in [1.807, 2.05) is 28.8 Å². The molecule has 5 rings (SSSR count). The van der Waals surface area contributed by atoms with Crippen molar-refractivity contribution in [1.29, 1.82) is 0 Å². The lowest BCUT2D eigenvalue weighted by atomic mass is 9.96. The highest BCUT2D eigenvalue weighted by Crippen LogP contribution is 2.27. The van der Waals surface area contributed by atoms with E-state index in [4.69, 9.17) is 0 Å². The number of pyridine rings is 1. The Labute approximate surface area is 178 Å². The van der Waals surface area contributed by atoms with Crippen LogP contribution in [0.25, 0.3) is 5.65 Å². The molecule has 1 fully saturated rings. The molecule has 2 atom stereocenters. The number of piperidine rings is 1. The third-order valence-electron chi connectivity index (χ3n) is 5.91. The van der Waals surface area contributed by atoms with Crippen molar-refractivity contribution in [3.8, 4) is 0 Å². The van der Waals surface area contributed by atoms with E-state index < -0.39 is 6.04 Å². The number of para-hydroxylation sites is 1. The summed E-state index contributed by atoms with van der Waals surface area (Å²) in [6, 6.07) is 11.6. The zero-order valence-electron chi connectivity index (χ0n) is 16.8. The summed E-state index contributed by atoms with van der Waals surface area (Å²) in [6.45, 7) is 1.13. The lowest BCUT2D eigenvalue weighted by Crippen LogP contribution is -2.47. The predicted molar refractivity (Wildman–Crippen MR) is 112 cm³/mol. The van der Waals surface area contributed by atoms with Crippen LogP contribution in [0.5, 0.6) is 0 Å². The van der Waals surface area contributed by atoms with Crippen LogP contribution in [0, 0.1) is 0 Å². The Morgan fingerprint density at radius 2 is 1.94 bits per heavy atom. The second-order valence-electron chi connectivity index (χ2n) is 7.93. The molecule has 0 radical (unpaired) electrons. The Bertz CT molecular complexity index is 1170. The largest absolute Gasteiger partial charge is 0.342 e. The van der Waals surface area contributed by atoms with Gasteiger partial charge in [0.05, 0.1) is 17.7 Å². The van der Waals surface area contributed by atoms with E-state index >= 15 is 0 Å². The first-order valence-electron chi connectivity index (χ1n) is 10.4. The Balaban J connectivity index is 1.29. The second kappa shape index (κ2) is 7.82. The molecular formula is C22H22N6O3. The normalized spacial score (nSPS) is 21.2. The molecule has 1 aromatic carbocycles. The van der Waals surface area contributed by atoms with E-state index in [9.17, 15) is 14.4 Å². The van der Waals surface area contributed by atoms with Crippen molar-refractivity contribution in [2.75, 3.05) is 18.4 Å². The highest BCUT2D eigenvalue weighted by atomic mass is 16.2. The number of anilines is 1. The number of likely N-dealkylation sites (tertiary alicyclic amines) is 1. The molecule has 31 heavy (non-hydrogen) atoms. The van der Waals surface area contributed by atoms with Crippen LogP contribution >= 0.6 is 0 Å². The number of hydrogen-bond donors (Lipinski definition) is 2. The molecule has 3 aromatic rings. The van der Waals surface area contributed by atoms with Crippen molar-refractivity contribution < 1.29 is 14.4 Å². The van der Waals surface area contributed by atoms with Gasteiger partial charge in [0, 0.05) is 25.2 Å². The zero-order chi connectivity index (χ0) is 21.4.